The molecule has 3 fully saturated rings. The van der Waals surface area contributed by atoms with E-state index in [9.17, 15) is 22.8 Å². The summed E-state index contributed by atoms with van der Waals surface area (Å²) in [5.74, 6) is 0.114. The number of piperazine rings is 1. The predicted octanol–water partition coefficient (Wildman–Crippen LogP) is 3.60. The van der Waals surface area contributed by atoms with Crippen LogP contribution in [0.25, 0.3) is 0 Å². The molecule has 1 spiro atoms. The molecule has 11 heteroatoms. The van der Waals surface area contributed by atoms with E-state index in [2.05, 4.69) is 14.5 Å². The number of likely N-dealkylation sites (tertiary alicyclic amines) is 1. The van der Waals surface area contributed by atoms with Crippen LogP contribution in [0, 0.1) is 5.41 Å². The van der Waals surface area contributed by atoms with Gasteiger partial charge in [0.25, 0.3) is 0 Å². The summed E-state index contributed by atoms with van der Waals surface area (Å²) >= 11 is 6.32. The fourth-order valence-electron chi connectivity index (χ4n) is 4.97. The summed E-state index contributed by atoms with van der Waals surface area (Å²) in [6.45, 7) is 8.13. The maximum absolute atomic E-state index is 12.7. The van der Waals surface area contributed by atoms with E-state index < -0.39 is 18.4 Å². The van der Waals surface area contributed by atoms with Crippen molar-refractivity contribution in [2.75, 3.05) is 57.3 Å². The normalized spacial score (nSPS) is 21.5. The number of amides is 2. The lowest BCUT2D eigenvalue weighted by atomic mass is 9.79. The third-order valence-corrected chi connectivity index (χ3v) is 7.32. The zero-order valence-corrected chi connectivity index (χ0v) is 20.2. The maximum Gasteiger partial charge on any atom is 0.425 e. The predicted molar refractivity (Wildman–Crippen MR) is 122 cm³/mol. The number of nitrogens with zero attached hydrogens (tertiary/aromatic N) is 4. The van der Waals surface area contributed by atoms with Crippen LogP contribution in [0.15, 0.2) is 18.2 Å². The minimum Gasteiger partial charge on any atom is -0.437 e. The summed E-state index contributed by atoms with van der Waals surface area (Å²) in [4.78, 5) is 31.4. The molecule has 34 heavy (non-hydrogen) atoms. The van der Waals surface area contributed by atoms with Gasteiger partial charge in [0.15, 0.2) is 6.10 Å². The molecule has 4 rings (SSSR count). The molecular weight excluding hydrogens is 473 g/mol. The summed E-state index contributed by atoms with van der Waals surface area (Å²) in [5, 5.41) is 0.657. The molecule has 1 aromatic carbocycles. The number of hydrogen-bond donors (Lipinski definition) is 0. The third kappa shape index (κ3) is 5.38. The van der Waals surface area contributed by atoms with Gasteiger partial charge in [-0.1, -0.05) is 17.7 Å². The van der Waals surface area contributed by atoms with Crippen LogP contribution < -0.4 is 4.90 Å². The average Bonchev–Trinajstić information content (AvgIpc) is 3.19. The number of ether oxygens (including phenoxy) is 1. The Kier molecular flexibility index (Phi) is 6.92. The van der Waals surface area contributed by atoms with Gasteiger partial charge in [0.1, 0.15) is 0 Å². The molecule has 3 aliphatic heterocycles. The second-order valence-corrected chi connectivity index (χ2v) is 10.1. The van der Waals surface area contributed by atoms with Gasteiger partial charge in [-0.05, 0) is 31.0 Å². The third-order valence-electron chi connectivity index (χ3n) is 7.09. The highest BCUT2D eigenvalue weighted by molar-refractivity contribution is 6.30. The first-order valence-corrected chi connectivity index (χ1v) is 11.9. The van der Waals surface area contributed by atoms with Crippen molar-refractivity contribution in [1.82, 2.24) is 14.7 Å². The Morgan fingerprint density at radius 3 is 2.38 bits per heavy atom. The molecule has 0 aliphatic carbocycles. The number of carbonyl (C=O) groups excluding carboxylic acids is 2. The molecule has 2 amide bonds. The summed E-state index contributed by atoms with van der Waals surface area (Å²) in [5.41, 5.74) is 2.34. The van der Waals surface area contributed by atoms with Gasteiger partial charge in [-0.15, -0.1) is 0 Å². The second kappa shape index (κ2) is 9.45. The minimum atomic E-state index is -4.57. The molecule has 0 saturated carbocycles. The first-order chi connectivity index (χ1) is 16.0. The van der Waals surface area contributed by atoms with E-state index in [0.29, 0.717) is 37.7 Å². The largest absolute Gasteiger partial charge is 0.437 e. The van der Waals surface area contributed by atoms with Crippen LogP contribution in [0.4, 0.5) is 23.7 Å². The zero-order valence-electron chi connectivity index (χ0n) is 19.4. The van der Waals surface area contributed by atoms with E-state index >= 15 is 0 Å². The van der Waals surface area contributed by atoms with E-state index in [0.717, 1.165) is 50.8 Å². The summed E-state index contributed by atoms with van der Waals surface area (Å²) in [6, 6.07) is 5.85. The lowest BCUT2D eigenvalue weighted by Crippen LogP contribution is -2.59. The number of rotatable bonds is 4. The van der Waals surface area contributed by atoms with Crippen molar-refractivity contribution in [2.24, 2.45) is 5.41 Å². The van der Waals surface area contributed by atoms with Crippen LogP contribution >= 0.6 is 11.6 Å². The summed E-state index contributed by atoms with van der Waals surface area (Å²) in [7, 11) is 0. The van der Waals surface area contributed by atoms with Crippen molar-refractivity contribution in [2.45, 2.75) is 39.1 Å². The molecule has 1 aromatic rings. The summed E-state index contributed by atoms with van der Waals surface area (Å²) < 4.78 is 42.6. The van der Waals surface area contributed by atoms with Gasteiger partial charge in [0.2, 0.25) is 5.91 Å². The molecule has 3 aliphatic rings. The number of anilines is 1. The van der Waals surface area contributed by atoms with Crippen LogP contribution in [-0.2, 0) is 16.1 Å². The highest BCUT2D eigenvalue weighted by atomic mass is 35.5. The Balaban J connectivity index is 1.34. The molecule has 188 valence electrons. The average molecular weight is 503 g/mol. The van der Waals surface area contributed by atoms with Crippen LogP contribution in [0.5, 0.6) is 0 Å². The van der Waals surface area contributed by atoms with E-state index in [4.69, 9.17) is 11.6 Å². The molecular formula is C23H30ClF3N4O3. The van der Waals surface area contributed by atoms with Crippen molar-refractivity contribution in [3.63, 3.8) is 0 Å². The molecule has 3 saturated heterocycles. The van der Waals surface area contributed by atoms with Crippen molar-refractivity contribution in [1.29, 1.82) is 0 Å². The van der Waals surface area contributed by atoms with Gasteiger partial charge in [0, 0.05) is 82.0 Å². The number of halogens is 4. The van der Waals surface area contributed by atoms with E-state index in [1.165, 1.54) is 4.90 Å². The van der Waals surface area contributed by atoms with Crippen LogP contribution in [0.2, 0.25) is 5.02 Å². The van der Waals surface area contributed by atoms with Crippen molar-refractivity contribution >= 4 is 29.3 Å². The number of alkyl halides is 3. The molecule has 3 heterocycles. The molecule has 0 radical (unpaired) electrons. The van der Waals surface area contributed by atoms with E-state index in [1.807, 2.05) is 23.1 Å². The second-order valence-electron chi connectivity index (χ2n) is 9.65. The lowest BCUT2D eigenvalue weighted by molar-refractivity contribution is -0.200. The Morgan fingerprint density at radius 2 is 1.76 bits per heavy atom. The van der Waals surface area contributed by atoms with Gasteiger partial charge in [0.05, 0.1) is 0 Å². The SMILES string of the molecule is CC(=O)N1CC2(CCN(c3cc(Cl)ccc3CN3CCN(C(=O)OC(C)C(F)(F)F)CC3)C2)C1. The van der Waals surface area contributed by atoms with Crippen molar-refractivity contribution in [3.05, 3.63) is 28.8 Å². The lowest BCUT2D eigenvalue weighted by Gasteiger charge is -2.47. The van der Waals surface area contributed by atoms with Crippen molar-refractivity contribution in [3.8, 4) is 0 Å². The van der Waals surface area contributed by atoms with E-state index in [1.54, 1.807) is 6.92 Å². The quantitative estimate of drug-likeness (QED) is 0.629. The molecule has 1 atom stereocenters. The fraction of sp³-hybridized carbons (Fsp3) is 0.652. The summed E-state index contributed by atoms with van der Waals surface area (Å²) in [6.07, 6.45) is -6.60. The monoisotopic (exact) mass is 502 g/mol. The van der Waals surface area contributed by atoms with E-state index in [-0.39, 0.29) is 11.3 Å². The maximum atomic E-state index is 12.7. The Bertz CT molecular complexity index is 931. The number of hydrogen-bond acceptors (Lipinski definition) is 5. The minimum absolute atomic E-state index is 0.114. The smallest absolute Gasteiger partial charge is 0.425 e. The number of carbonyl (C=O) groups is 2. The Labute approximate surface area is 202 Å². The first-order valence-electron chi connectivity index (χ1n) is 11.5. The highest BCUT2D eigenvalue weighted by Crippen LogP contribution is 2.42. The number of benzene rings is 1. The van der Waals surface area contributed by atoms with Gasteiger partial charge in [-0.3, -0.25) is 9.69 Å². The molecule has 1 unspecified atom stereocenters. The van der Waals surface area contributed by atoms with Crippen LogP contribution in [0.3, 0.4) is 0 Å². The van der Waals surface area contributed by atoms with Crippen LogP contribution in [-0.4, -0.2) is 91.3 Å². The Morgan fingerprint density at radius 1 is 1.09 bits per heavy atom. The van der Waals surface area contributed by atoms with Crippen molar-refractivity contribution < 1.29 is 27.5 Å². The highest BCUT2D eigenvalue weighted by Gasteiger charge is 2.48. The standard InChI is InChI=1S/C23H30ClF3N4O3/c1-16(23(25,26)27)34-21(33)29-9-7-28(8-10-29)12-18-3-4-19(24)11-20(18)30-6-5-22(13-30)14-31(15-22)17(2)32/h3-4,11,16H,5-10,12-15H2,1-2H3. The van der Waals surface area contributed by atoms with Gasteiger partial charge in [-0.2, -0.15) is 13.2 Å². The van der Waals surface area contributed by atoms with Gasteiger partial charge < -0.3 is 19.4 Å². The first kappa shape index (κ1) is 24.9. The molecule has 0 aromatic heterocycles. The topological polar surface area (TPSA) is 56.3 Å². The van der Waals surface area contributed by atoms with Gasteiger partial charge in [-0.25, -0.2) is 4.79 Å². The zero-order chi connectivity index (χ0) is 24.7. The van der Waals surface area contributed by atoms with Gasteiger partial charge >= 0.3 is 12.3 Å². The molecule has 7 nitrogen and oxygen atoms in total. The molecule has 0 N–H and O–H groups in total. The van der Waals surface area contributed by atoms with Crippen LogP contribution in [0.1, 0.15) is 25.8 Å². The molecule has 0 bridgehead atoms. The fourth-order valence-corrected chi connectivity index (χ4v) is 5.14. The Hall–Kier alpha value is -2.20.